The molecule has 20 heavy (non-hydrogen) atoms. The quantitative estimate of drug-likeness (QED) is 0.867. The first-order valence-corrected chi connectivity index (χ1v) is 6.71. The predicted molar refractivity (Wildman–Crippen MR) is 70.2 cm³/mol. The zero-order valence-corrected chi connectivity index (χ0v) is 11.1. The van der Waals surface area contributed by atoms with Crippen molar-refractivity contribution in [3.8, 4) is 0 Å². The van der Waals surface area contributed by atoms with Crippen LogP contribution in [0.15, 0.2) is 18.2 Å². The standard InChI is InChI=1S/C14H18F4N2/c15-12-6-10(3-4-19)7-13(8-12)20-5-1-2-11(9-20)14(16,17)18/h6-8,11H,1-5,9,19H2. The largest absolute Gasteiger partial charge is 0.393 e. The first kappa shape index (κ1) is 15.1. The van der Waals surface area contributed by atoms with Gasteiger partial charge in [0.05, 0.1) is 5.92 Å². The third kappa shape index (κ3) is 3.62. The van der Waals surface area contributed by atoms with Crippen LogP contribution in [0.25, 0.3) is 0 Å². The molecule has 1 aromatic rings. The van der Waals surface area contributed by atoms with Crippen molar-refractivity contribution in [2.45, 2.75) is 25.4 Å². The minimum absolute atomic E-state index is 0.102. The summed E-state index contributed by atoms with van der Waals surface area (Å²) in [7, 11) is 0. The summed E-state index contributed by atoms with van der Waals surface area (Å²) in [6.45, 7) is 0.807. The van der Waals surface area contributed by atoms with Gasteiger partial charge in [-0.25, -0.2) is 4.39 Å². The summed E-state index contributed by atoms with van der Waals surface area (Å²) in [5, 5.41) is 0. The van der Waals surface area contributed by atoms with Crippen molar-refractivity contribution in [1.82, 2.24) is 0 Å². The molecule has 1 aromatic carbocycles. The van der Waals surface area contributed by atoms with Gasteiger partial charge in [0.15, 0.2) is 0 Å². The van der Waals surface area contributed by atoms with Crippen molar-refractivity contribution in [3.05, 3.63) is 29.6 Å². The van der Waals surface area contributed by atoms with Crippen molar-refractivity contribution >= 4 is 5.69 Å². The van der Waals surface area contributed by atoms with Gasteiger partial charge in [0, 0.05) is 18.8 Å². The number of piperidine rings is 1. The van der Waals surface area contributed by atoms with Gasteiger partial charge in [0.25, 0.3) is 0 Å². The van der Waals surface area contributed by atoms with E-state index in [9.17, 15) is 17.6 Å². The summed E-state index contributed by atoms with van der Waals surface area (Å²) < 4.78 is 51.9. The fourth-order valence-electron chi connectivity index (χ4n) is 2.61. The van der Waals surface area contributed by atoms with Crippen LogP contribution < -0.4 is 10.6 Å². The fourth-order valence-corrected chi connectivity index (χ4v) is 2.61. The molecular formula is C14H18F4N2. The molecule has 0 amide bonds. The summed E-state index contributed by atoms with van der Waals surface area (Å²) in [5.41, 5.74) is 6.67. The molecule has 0 radical (unpaired) electrons. The van der Waals surface area contributed by atoms with Gasteiger partial charge in [-0.05, 0) is 49.6 Å². The first-order valence-electron chi connectivity index (χ1n) is 6.71. The Balaban J connectivity index is 2.18. The van der Waals surface area contributed by atoms with Gasteiger partial charge in [-0.1, -0.05) is 0 Å². The van der Waals surface area contributed by atoms with E-state index in [2.05, 4.69) is 0 Å². The third-order valence-electron chi connectivity index (χ3n) is 3.62. The molecule has 6 heteroatoms. The van der Waals surface area contributed by atoms with Crippen LogP contribution in [0.5, 0.6) is 0 Å². The molecule has 1 unspecified atom stereocenters. The molecule has 1 heterocycles. The predicted octanol–water partition coefficient (Wildman–Crippen LogP) is 3.11. The molecule has 0 saturated carbocycles. The molecule has 2 nitrogen and oxygen atoms in total. The smallest absolute Gasteiger partial charge is 0.371 e. The van der Waals surface area contributed by atoms with E-state index < -0.39 is 17.9 Å². The summed E-state index contributed by atoms with van der Waals surface area (Å²) in [6.07, 6.45) is -3.06. The van der Waals surface area contributed by atoms with Crippen molar-refractivity contribution in [2.24, 2.45) is 11.7 Å². The Hall–Kier alpha value is -1.30. The Morgan fingerprint density at radius 1 is 1.25 bits per heavy atom. The lowest BCUT2D eigenvalue weighted by molar-refractivity contribution is -0.175. The van der Waals surface area contributed by atoms with Crippen molar-refractivity contribution < 1.29 is 17.6 Å². The van der Waals surface area contributed by atoms with Crippen LogP contribution in [0.4, 0.5) is 23.2 Å². The van der Waals surface area contributed by atoms with E-state index in [1.165, 1.54) is 12.1 Å². The van der Waals surface area contributed by atoms with E-state index in [-0.39, 0.29) is 13.0 Å². The van der Waals surface area contributed by atoms with E-state index in [0.29, 0.717) is 31.6 Å². The Morgan fingerprint density at radius 2 is 2.00 bits per heavy atom. The molecule has 0 aliphatic carbocycles. The second-order valence-electron chi connectivity index (χ2n) is 5.18. The monoisotopic (exact) mass is 290 g/mol. The molecule has 1 aliphatic rings. The number of hydrogen-bond donors (Lipinski definition) is 1. The van der Waals surface area contributed by atoms with Crippen LogP contribution in [-0.4, -0.2) is 25.8 Å². The molecule has 1 fully saturated rings. The first-order chi connectivity index (χ1) is 9.40. The molecule has 0 spiro atoms. The highest BCUT2D eigenvalue weighted by molar-refractivity contribution is 5.49. The van der Waals surface area contributed by atoms with Crippen LogP contribution in [-0.2, 0) is 6.42 Å². The number of nitrogens with zero attached hydrogens (tertiary/aromatic N) is 1. The van der Waals surface area contributed by atoms with Crippen LogP contribution in [0.3, 0.4) is 0 Å². The van der Waals surface area contributed by atoms with Crippen LogP contribution >= 0.6 is 0 Å². The van der Waals surface area contributed by atoms with Gasteiger partial charge in [-0.2, -0.15) is 13.2 Å². The molecule has 1 saturated heterocycles. The topological polar surface area (TPSA) is 29.3 Å². The highest BCUT2D eigenvalue weighted by Crippen LogP contribution is 2.35. The van der Waals surface area contributed by atoms with E-state index in [1.807, 2.05) is 0 Å². The van der Waals surface area contributed by atoms with Gasteiger partial charge in [-0.3, -0.25) is 0 Å². The second kappa shape index (κ2) is 5.99. The summed E-state index contributed by atoms with van der Waals surface area (Å²) >= 11 is 0. The van der Waals surface area contributed by atoms with Gasteiger partial charge in [0.1, 0.15) is 5.82 Å². The van der Waals surface area contributed by atoms with Crippen molar-refractivity contribution in [3.63, 3.8) is 0 Å². The van der Waals surface area contributed by atoms with E-state index >= 15 is 0 Å². The molecule has 0 aromatic heterocycles. The minimum atomic E-state index is -4.19. The highest BCUT2D eigenvalue weighted by atomic mass is 19.4. The normalized spacial score (nSPS) is 20.2. The van der Waals surface area contributed by atoms with Crippen molar-refractivity contribution in [2.75, 3.05) is 24.5 Å². The maximum Gasteiger partial charge on any atom is 0.393 e. The number of alkyl halides is 3. The zero-order valence-electron chi connectivity index (χ0n) is 11.1. The van der Waals surface area contributed by atoms with Crippen LogP contribution in [0, 0.1) is 11.7 Å². The average molecular weight is 290 g/mol. The third-order valence-corrected chi connectivity index (χ3v) is 3.62. The zero-order chi connectivity index (χ0) is 14.8. The van der Waals surface area contributed by atoms with Gasteiger partial charge in [-0.15, -0.1) is 0 Å². The highest BCUT2D eigenvalue weighted by Gasteiger charge is 2.41. The Kier molecular flexibility index (Phi) is 4.52. The Morgan fingerprint density at radius 3 is 2.65 bits per heavy atom. The molecule has 0 bridgehead atoms. The molecule has 1 atom stereocenters. The minimum Gasteiger partial charge on any atom is -0.371 e. The fraction of sp³-hybridized carbons (Fsp3) is 0.571. The molecule has 112 valence electrons. The van der Waals surface area contributed by atoms with Crippen LogP contribution in [0.2, 0.25) is 0 Å². The number of halogens is 4. The summed E-state index contributed by atoms with van der Waals surface area (Å²) in [4.78, 5) is 1.62. The lowest BCUT2D eigenvalue weighted by Crippen LogP contribution is -2.41. The number of anilines is 1. The lowest BCUT2D eigenvalue weighted by Gasteiger charge is -2.35. The van der Waals surface area contributed by atoms with Gasteiger partial charge >= 0.3 is 6.18 Å². The van der Waals surface area contributed by atoms with Crippen LogP contribution in [0.1, 0.15) is 18.4 Å². The number of benzene rings is 1. The Labute approximate surface area is 115 Å². The molecule has 2 N–H and O–H groups in total. The van der Waals surface area contributed by atoms with E-state index in [0.717, 1.165) is 5.56 Å². The average Bonchev–Trinajstić information content (AvgIpc) is 2.37. The van der Waals surface area contributed by atoms with Crippen molar-refractivity contribution in [1.29, 1.82) is 0 Å². The maximum absolute atomic E-state index is 13.5. The SMILES string of the molecule is NCCc1cc(F)cc(N2CCCC(C(F)(F)F)C2)c1. The number of rotatable bonds is 3. The molecular weight excluding hydrogens is 272 g/mol. The van der Waals surface area contributed by atoms with Gasteiger partial charge in [0.2, 0.25) is 0 Å². The lowest BCUT2D eigenvalue weighted by atomic mass is 9.96. The summed E-state index contributed by atoms with van der Waals surface area (Å²) in [6, 6.07) is 4.40. The molecule has 1 aliphatic heterocycles. The van der Waals surface area contributed by atoms with E-state index in [4.69, 9.17) is 5.73 Å². The summed E-state index contributed by atoms with van der Waals surface area (Å²) in [5.74, 6) is -1.77. The Bertz CT molecular complexity index is 459. The number of nitrogens with two attached hydrogens (primary N) is 1. The van der Waals surface area contributed by atoms with E-state index in [1.54, 1.807) is 11.0 Å². The molecule has 2 rings (SSSR count). The second-order valence-corrected chi connectivity index (χ2v) is 5.18. The number of hydrogen-bond acceptors (Lipinski definition) is 2. The van der Waals surface area contributed by atoms with Gasteiger partial charge < -0.3 is 10.6 Å². The maximum atomic E-state index is 13.5.